The highest BCUT2D eigenvalue weighted by atomic mass is 32.1. The van der Waals surface area contributed by atoms with E-state index in [1.807, 2.05) is 42.5 Å². The average Bonchev–Trinajstić information content (AvgIpc) is 3.18. The van der Waals surface area contributed by atoms with Gasteiger partial charge in [0.2, 0.25) is 0 Å². The first kappa shape index (κ1) is 18.0. The smallest absolute Gasteiger partial charge is 0.251 e. The first-order chi connectivity index (χ1) is 12.3. The molecule has 5 heteroatoms. The Morgan fingerprint density at radius 2 is 2.00 bits per heavy atom. The number of benzene rings is 1. The number of carbonyl (C=O) groups is 1. The van der Waals surface area contributed by atoms with Crippen molar-refractivity contribution < 1.29 is 9.53 Å². The van der Waals surface area contributed by atoms with E-state index >= 15 is 0 Å². The Morgan fingerprint density at radius 1 is 1.24 bits per heavy atom. The summed E-state index contributed by atoms with van der Waals surface area (Å²) in [5.41, 5.74) is 0.680. The van der Waals surface area contributed by atoms with Gasteiger partial charge in [-0.25, -0.2) is 0 Å². The molecule has 134 valence electrons. The van der Waals surface area contributed by atoms with Gasteiger partial charge in [0.1, 0.15) is 5.75 Å². The van der Waals surface area contributed by atoms with Gasteiger partial charge in [-0.15, -0.1) is 11.3 Å². The number of nitrogens with zero attached hydrogens (tertiary/aromatic N) is 1. The van der Waals surface area contributed by atoms with Crippen LogP contribution in [0, 0.1) is 0 Å². The Hall–Kier alpha value is -1.85. The molecule has 1 saturated heterocycles. The molecule has 0 saturated carbocycles. The predicted octanol–water partition coefficient (Wildman–Crippen LogP) is 3.76. The van der Waals surface area contributed by atoms with E-state index in [0.717, 1.165) is 31.3 Å². The van der Waals surface area contributed by atoms with E-state index in [9.17, 15) is 4.79 Å². The number of likely N-dealkylation sites (tertiary alicyclic amines) is 1. The minimum atomic E-state index is -0.0171. The molecule has 1 aliphatic heterocycles. The molecule has 0 unspecified atom stereocenters. The van der Waals surface area contributed by atoms with Gasteiger partial charge < -0.3 is 15.0 Å². The van der Waals surface area contributed by atoms with Gasteiger partial charge in [0.05, 0.1) is 6.61 Å². The maximum Gasteiger partial charge on any atom is 0.251 e. The monoisotopic (exact) mass is 358 g/mol. The molecular weight excluding hydrogens is 332 g/mol. The number of thiophene rings is 1. The van der Waals surface area contributed by atoms with E-state index in [2.05, 4.69) is 27.7 Å². The highest BCUT2D eigenvalue weighted by Crippen LogP contribution is 2.30. The van der Waals surface area contributed by atoms with Crippen molar-refractivity contribution in [2.45, 2.75) is 25.7 Å². The SMILES string of the molecule is CCOc1ccc(C(=O)NCCN2CCC(c3cccs3)CC2)cc1. The van der Waals surface area contributed by atoms with Gasteiger partial charge in [-0.3, -0.25) is 4.79 Å². The van der Waals surface area contributed by atoms with Crippen LogP contribution >= 0.6 is 11.3 Å². The summed E-state index contributed by atoms with van der Waals surface area (Å²) < 4.78 is 5.40. The fourth-order valence-corrected chi connectivity index (χ4v) is 4.16. The lowest BCUT2D eigenvalue weighted by Crippen LogP contribution is -2.39. The van der Waals surface area contributed by atoms with E-state index < -0.39 is 0 Å². The van der Waals surface area contributed by atoms with Gasteiger partial charge >= 0.3 is 0 Å². The van der Waals surface area contributed by atoms with Gasteiger partial charge in [0.25, 0.3) is 5.91 Å². The summed E-state index contributed by atoms with van der Waals surface area (Å²) >= 11 is 1.87. The molecule has 1 N–H and O–H groups in total. The van der Waals surface area contributed by atoms with Crippen LogP contribution in [0.2, 0.25) is 0 Å². The Labute approximate surface area is 153 Å². The predicted molar refractivity (Wildman–Crippen MR) is 103 cm³/mol. The number of piperidine rings is 1. The van der Waals surface area contributed by atoms with Crippen LogP contribution < -0.4 is 10.1 Å². The minimum absolute atomic E-state index is 0.0171. The first-order valence-electron chi connectivity index (χ1n) is 9.03. The molecule has 4 nitrogen and oxygen atoms in total. The zero-order chi connectivity index (χ0) is 17.5. The number of ether oxygens (including phenoxy) is 1. The van der Waals surface area contributed by atoms with E-state index in [0.29, 0.717) is 18.7 Å². The molecule has 2 aromatic rings. The van der Waals surface area contributed by atoms with Crippen LogP contribution in [-0.4, -0.2) is 43.6 Å². The summed E-state index contributed by atoms with van der Waals surface area (Å²) in [6.07, 6.45) is 2.43. The van der Waals surface area contributed by atoms with Gasteiger partial charge in [0, 0.05) is 23.5 Å². The maximum atomic E-state index is 12.2. The minimum Gasteiger partial charge on any atom is -0.494 e. The standard InChI is InChI=1S/C20H26N2O2S/c1-2-24-18-7-5-17(6-8-18)20(23)21-11-14-22-12-9-16(10-13-22)19-4-3-15-25-19/h3-8,15-16H,2,9-14H2,1H3,(H,21,23). The highest BCUT2D eigenvalue weighted by Gasteiger charge is 2.20. The molecule has 1 aromatic carbocycles. The molecule has 0 radical (unpaired) electrons. The molecule has 0 atom stereocenters. The van der Waals surface area contributed by atoms with Gasteiger partial charge in [-0.05, 0) is 74.5 Å². The number of hydrogen-bond donors (Lipinski definition) is 1. The number of rotatable bonds is 7. The number of amides is 1. The molecule has 0 spiro atoms. The lowest BCUT2D eigenvalue weighted by atomic mass is 9.95. The largest absolute Gasteiger partial charge is 0.494 e. The van der Waals surface area contributed by atoms with Crippen LogP contribution in [0.3, 0.4) is 0 Å². The van der Waals surface area contributed by atoms with Crippen molar-refractivity contribution in [3.63, 3.8) is 0 Å². The molecule has 3 rings (SSSR count). The van der Waals surface area contributed by atoms with Gasteiger partial charge in [-0.1, -0.05) is 6.07 Å². The second-order valence-corrected chi connectivity index (χ2v) is 7.32. The van der Waals surface area contributed by atoms with Crippen LogP contribution in [0.25, 0.3) is 0 Å². The van der Waals surface area contributed by atoms with E-state index in [1.165, 1.54) is 17.7 Å². The lowest BCUT2D eigenvalue weighted by molar-refractivity contribution is 0.0946. The first-order valence-corrected chi connectivity index (χ1v) is 9.91. The molecule has 1 amide bonds. The van der Waals surface area contributed by atoms with Crippen LogP contribution in [-0.2, 0) is 0 Å². The van der Waals surface area contributed by atoms with Crippen molar-refractivity contribution >= 4 is 17.2 Å². The Kier molecular flexibility index (Phi) is 6.48. The van der Waals surface area contributed by atoms with Crippen molar-refractivity contribution in [1.29, 1.82) is 0 Å². The third-order valence-electron chi connectivity index (χ3n) is 4.67. The molecule has 25 heavy (non-hydrogen) atoms. The Balaban J connectivity index is 1.37. The summed E-state index contributed by atoms with van der Waals surface area (Å²) in [6.45, 7) is 6.41. The van der Waals surface area contributed by atoms with E-state index in [4.69, 9.17) is 4.74 Å². The number of nitrogens with one attached hydrogen (secondary N) is 1. The Morgan fingerprint density at radius 3 is 2.64 bits per heavy atom. The second-order valence-electron chi connectivity index (χ2n) is 6.34. The fraction of sp³-hybridized carbons (Fsp3) is 0.450. The van der Waals surface area contributed by atoms with Gasteiger partial charge in [-0.2, -0.15) is 0 Å². The van der Waals surface area contributed by atoms with Crippen molar-refractivity contribution in [3.8, 4) is 5.75 Å². The summed E-state index contributed by atoms with van der Waals surface area (Å²) in [5.74, 6) is 1.50. The molecule has 1 aliphatic rings. The number of hydrogen-bond acceptors (Lipinski definition) is 4. The van der Waals surface area contributed by atoms with E-state index in [-0.39, 0.29) is 5.91 Å². The van der Waals surface area contributed by atoms with Crippen molar-refractivity contribution in [2.24, 2.45) is 0 Å². The normalized spacial score (nSPS) is 15.9. The molecule has 1 fully saturated rings. The number of carbonyl (C=O) groups excluding carboxylic acids is 1. The summed E-state index contributed by atoms with van der Waals surface area (Å²) in [5, 5.41) is 5.18. The third kappa shape index (κ3) is 5.06. The average molecular weight is 359 g/mol. The Bertz CT molecular complexity index is 647. The van der Waals surface area contributed by atoms with Crippen molar-refractivity contribution in [3.05, 3.63) is 52.2 Å². The van der Waals surface area contributed by atoms with Gasteiger partial charge in [0.15, 0.2) is 0 Å². The topological polar surface area (TPSA) is 41.6 Å². The summed E-state index contributed by atoms with van der Waals surface area (Å²) in [7, 11) is 0. The zero-order valence-corrected chi connectivity index (χ0v) is 15.6. The fourth-order valence-electron chi connectivity index (χ4n) is 3.26. The second kappa shape index (κ2) is 9.02. The maximum absolute atomic E-state index is 12.2. The van der Waals surface area contributed by atoms with E-state index in [1.54, 1.807) is 0 Å². The van der Waals surface area contributed by atoms with Crippen LogP contribution in [0.15, 0.2) is 41.8 Å². The molecule has 0 aliphatic carbocycles. The lowest BCUT2D eigenvalue weighted by Gasteiger charge is -2.31. The van der Waals surface area contributed by atoms with Crippen LogP contribution in [0.5, 0.6) is 5.75 Å². The molecule has 1 aromatic heterocycles. The zero-order valence-electron chi connectivity index (χ0n) is 14.7. The molecule has 0 bridgehead atoms. The quantitative estimate of drug-likeness (QED) is 0.819. The van der Waals surface area contributed by atoms with Crippen molar-refractivity contribution in [1.82, 2.24) is 10.2 Å². The molecular formula is C20H26N2O2S. The summed E-state index contributed by atoms with van der Waals surface area (Å²) in [4.78, 5) is 16.2. The summed E-state index contributed by atoms with van der Waals surface area (Å²) in [6, 6.07) is 11.7. The molecule has 2 heterocycles. The van der Waals surface area contributed by atoms with Crippen LogP contribution in [0.1, 0.15) is 40.9 Å². The van der Waals surface area contributed by atoms with Crippen LogP contribution in [0.4, 0.5) is 0 Å². The highest BCUT2D eigenvalue weighted by molar-refractivity contribution is 7.10. The van der Waals surface area contributed by atoms with Crippen molar-refractivity contribution in [2.75, 3.05) is 32.8 Å². The third-order valence-corrected chi connectivity index (χ3v) is 5.71.